The molecule has 7 heteroatoms. The monoisotopic (exact) mass is 311 g/mol. The number of carboxylic acids is 2. The number of rotatable bonds is 6. The van der Waals surface area contributed by atoms with Crippen molar-refractivity contribution in [2.75, 3.05) is 14.1 Å². The molecule has 0 atom stereocenters. The van der Waals surface area contributed by atoms with E-state index in [0.29, 0.717) is 18.6 Å². The molecule has 0 aliphatic heterocycles. The first-order valence-corrected chi connectivity index (χ1v) is 6.70. The first kappa shape index (κ1) is 19.4. The van der Waals surface area contributed by atoms with Crippen molar-refractivity contribution >= 4 is 18.0 Å². The third kappa shape index (κ3) is 11.3. The Morgan fingerprint density at radius 3 is 1.77 bits per heavy atom. The lowest BCUT2D eigenvalue weighted by molar-refractivity contribution is -0.139. The number of nitrogens with zero attached hydrogens (tertiary/aromatic N) is 1. The van der Waals surface area contributed by atoms with E-state index in [1.807, 2.05) is 18.2 Å². The number of carbonyl (C=O) groups is 3. The van der Waals surface area contributed by atoms with E-state index in [-0.39, 0.29) is 18.9 Å². The summed E-state index contributed by atoms with van der Waals surface area (Å²) in [4.78, 5) is 32.2. The Bertz CT molecular complexity index is 456. The van der Waals surface area contributed by atoms with E-state index in [4.69, 9.17) is 14.9 Å². The van der Waals surface area contributed by atoms with Gasteiger partial charge >= 0.3 is 18.0 Å². The molecular formula is C15H21NO6. The van der Waals surface area contributed by atoms with Gasteiger partial charge in [-0.3, -0.25) is 9.59 Å². The van der Waals surface area contributed by atoms with Crippen molar-refractivity contribution in [3.8, 4) is 5.75 Å². The lowest BCUT2D eigenvalue weighted by atomic mass is 10.2. The Morgan fingerprint density at radius 2 is 1.41 bits per heavy atom. The Balaban J connectivity index is 0.000000409. The van der Waals surface area contributed by atoms with Crippen molar-refractivity contribution in [2.45, 2.75) is 25.7 Å². The van der Waals surface area contributed by atoms with Gasteiger partial charge in [-0.2, -0.15) is 0 Å². The zero-order chi connectivity index (χ0) is 17.0. The highest BCUT2D eigenvalue weighted by atomic mass is 16.6. The maximum Gasteiger partial charge on any atom is 0.414 e. The molecule has 0 saturated carbocycles. The van der Waals surface area contributed by atoms with Crippen LogP contribution in [0.5, 0.6) is 5.75 Å². The van der Waals surface area contributed by atoms with Gasteiger partial charge in [0.2, 0.25) is 0 Å². The topological polar surface area (TPSA) is 104 Å². The molecule has 1 amide bonds. The van der Waals surface area contributed by atoms with Crippen molar-refractivity contribution in [1.29, 1.82) is 0 Å². The van der Waals surface area contributed by atoms with Crippen LogP contribution in [0.2, 0.25) is 0 Å². The van der Waals surface area contributed by atoms with Crippen LogP contribution >= 0.6 is 0 Å². The maximum absolute atomic E-state index is 11.0. The van der Waals surface area contributed by atoms with Gasteiger partial charge in [0.15, 0.2) is 0 Å². The Kier molecular flexibility index (Phi) is 9.83. The minimum absolute atomic E-state index is 0.0628. The van der Waals surface area contributed by atoms with Crippen molar-refractivity contribution in [2.24, 2.45) is 0 Å². The molecule has 7 nitrogen and oxygen atoms in total. The number of aliphatic carboxylic acids is 2. The van der Waals surface area contributed by atoms with Gasteiger partial charge in [-0.25, -0.2) is 4.79 Å². The first-order valence-electron chi connectivity index (χ1n) is 6.70. The van der Waals surface area contributed by atoms with Crippen molar-refractivity contribution < 1.29 is 29.3 Å². The molecule has 0 fully saturated rings. The molecule has 0 aliphatic rings. The largest absolute Gasteiger partial charge is 0.481 e. The van der Waals surface area contributed by atoms with Crippen LogP contribution in [0.4, 0.5) is 4.79 Å². The van der Waals surface area contributed by atoms with E-state index in [2.05, 4.69) is 0 Å². The van der Waals surface area contributed by atoms with Crippen LogP contribution in [0.15, 0.2) is 30.3 Å². The second kappa shape index (κ2) is 11.1. The fraction of sp³-hybridized carbons (Fsp3) is 0.400. The molecule has 0 saturated heterocycles. The lowest BCUT2D eigenvalue weighted by Crippen LogP contribution is -2.25. The fourth-order valence-corrected chi connectivity index (χ4v) is 1.23. The highest BCUT2D eigenvalue weighted by Crippen LogP contribution is 2.08. The van der Waals surface area contributed by atoms with Gasteiger partial charge < -0.3 is 19.8 Å². The summed E-state index contributed by atoms with van der Waals surface area (Å²) < 4.78 is 4.96. The van der Waals surface area contributed by atoms with Crippen LogP contribution < -0.4 is 4.74 Å². The molecule has 0 unspecified atom stereocenters. The average molecular weight is 311 g/mol. The van der Waals surface area contributed by atoms with E-state index >= 15 is 0 Å². The van der Waals surface area contributed by atoms with Crippen LogP contribution in [-0.2, 0) is 9.59 Å². The van der Waals surface area contributed by atoms with Crippen LogP contribution in [0.25, 0.3) is 0 Å². The van der Waals surface area contributed by atoms with Crippen LogP contribution in [-0.4, -0.2) is 47.2 Å². The summed E-state index contributed by atoms with van der Waals surface area (Å²) in [5.74, 6) is -1.17. The summed E-state index contributed by atoms with van der Waals surface area (Å²) in [6, 6.07) is 8.98. The summed E-state index contributed by atoms with van der Waals surface area (Å²) in [5.41, 5.74) is 0. The number of amides is 1. The van der Waals surface area contributed by atoms with E-state index in [1.54, 1.807) is 26.2 Å². The molecule has 22 heavy (non-hydrogen) atoms. The summed E-state index contributed by atoms with van der Waals surface area (Å²) in [6.07, 6.45) is 0.658. The summed E-state index contributed by atoms with van der Waals surface area (Å²) in [5, 5.41) is 16.3. The molecule has 1 aromatic carbocycles. The van der Waals surface area contributed by atoms with Gasteiger partial charge in [0.1, 0.15) is 5.75 Å². The third-order valence-corrected chi connectivity index (χ3v) is 2.34. The van der Waals surface area contributed by atoms with Crippen LogP contribution in [0, 0.1) is 0 Å². The molecule has 0 radical (unpaired) electrons. The molecule has 122 valence electrons. The van der Waals surface area contributed by atoms with Gasteiger partial charge in [0.05, 0.1) is 0 Å². The molecule has 1 rings (SSSR count). The zero-order valence-electron chi connectivity index (χ0n) is 12.7. The predicted molar refractivity (Wildman–Crippen MR) is 79.9 cm³/mol. The maximum atomic E-state index is 11.0. The van der Waals surface area contributed by atoms with E-state index in [9.17, 15) is 14.4 Å². The first-order chi connectivity index (χ1) is 10.3. The smallest absolute Gasteiger partial charge is 0.414 e. The standard InChI is InChI=1S/C9H11NO2.C6H10O4/c1-10(2)9(11)12-8-6-4-3-5-7-8;7-5(8)3-1-2-4-6(9)10/h3-7H,1-2H3;1-4H2,(H,7,8)(H,9,10). The minimum Gasteiger partial charge on any atom is -0.481 e. The van der Waals surface area contributed by atoms with E-state index in [1.165, 1.54) is 4.90 Å². The number of hydrogen-bond acceptors (Lipinski definition) is 4. The minimum atomic E-state index is -0.870. The van der Waals surface area contributed by atoms with Gasteiger partial charge in [0, 0.05) is 26.9 Å². The lowest BCUT2D eigenvalue weighted by Gasteiger charge is -2.09. The van der Waals surface area contributed by atoms with E-state index in [0.717, 1.165) is 0 Å². The quantitative estimate of drug-likeness (QED) is 0.782. The van der Waals surface area contributed by atoms with Crippen LogP contribution in [0.3, 0.4) is 0 Å². The molecule has 0 spiro atoms. The highest BCUT2D eigenvalue weighted by molar-refractivity contribution is 5.69. The van der Waals surface area contributed by atoms with Gasteiger partial charge in [-0.1, -0.05) is 18.2 Å². The van der Waals surface area contributed by atoms with Crippen molar-refractivity contribution in [3.63, 3.8) is 0 Å². The molecule has 0 aliphatic carbocycles. The van der Waals surface area contributed by atoms with Crippen molar-refractivity contribution in [3.05, 3.63) is 30.3 Å². The Labute approximate surface area is 129 Å². The Hall–Kier alpha value is -2.57. The normalized spacial score (nSPS) is 9.18. The molecule has 2 N–H and O–H groups in total. The molecule has 0 heterocycles. The predicted octanol–water partition coefficient (Wildman–Crippen LogP) is 2.46. The summed E-state index contributed by atoms with van der Waals surface area (Å²) in [7, 11) is 3.29. The number of carboxylic acid groups (broad SMARTS) is 2. The van der Waals surface area contributed by atoms with Gasteiger partial charge in [-0.05, 0) is 25.0 Å². The number of benzene rings is 1. The Morgan fingerprint density at radius 1 is 0.955 bits per heavy atom. The molecule has 0 aromatic heterocycles. The van der Waals surface area contributed by atoms with E-state index < -0.39 is 11.9 Å². The molecule has 1 aromatic rings. The number of para-hydroxylation sites is 1. The number of ether oxygens (including phenoxy) is 1. The summed E-state index contributed by atoms with van der Waals surface area (Å²) >= 11 is 0. The van der Waals surface area contributed by atoms with Crippen LogP contribution in [0.1, 0.15) is 25.7 Å². The third-order valence-electron chi connectivity index (χ3n) is 2.34. The number of unbranched alkanes of at least 4 members (excludes halogenated alkanes) is 1. The average Bonchev–Trinajstić information content (AvgIpc) is 2.45. The second-order valence-corrected chi connectivity index (χ2v) is 4.57. The number of hydrogen-bond donors (Lipinski definition) is 2. The summed E-state index contributed by atoms with van der Waals surface area (Å²) in [6.45, 7) is 0. The van der Waals surface area contributed by atoms with Gasteiger partial charge in [-0.15, -0.1) is 0 Å². The number of carbonyl (C=O) groups excluding carboxylic acids is 1. The molecular weight excluding hydrogens is 290 g/mol. The fourth-order valence-electron chi connectivity index (χ4n) is 1.23. The second-order valence-electron chi connectivity index (χ2n) is 4.57. The zero-order valence-corrected chi connectivity index (χ0v) is 12.7. The highest BCUT2D eigenvalue weighted by Gasteiger charge is 2.04. The SMILES string of the molecule is CN(C)C(=O)Oc1ccccc1.O=C(O)CCCCC(=O)O. The van der Waals surface area contributed by atoms with Gasteiger partial charge in [0.25, 0.3) is 0 Å². The molecule has 0 bridgehead atoms. The van der Waals surface area contributed by atoms with Crippen molar-refractivity contribution in [1.82, 2.24) is 4.90 Å².